The maximum atomic E-state index is 5.44. The third-order valence-electron chi connectivity index (χ3n) is 1.70. The summed E-state index contributed by atoms with van der Waals surface area (Å²) < 4.78 is 25.6. The molecule has 0 spiro atoms. The van der Waals surface area contributed by atoms with Crippen molar-refractivity contribution >= 4 is 17.6 Å². The van der Waals surface area contributed by atoms with E-state index in [1.165, 1.54) is 28.4 Å². The summed E-state index contributed by atoms with van der Waals surface area (Å²) in [6, 6.07) is 0. The van der Waals surface area contributed by atoms with Crippen LogP contribution in [0.2, 0.25) is 0 Å². The second kappa shape index (κ2) is 6.05. The molecule has 0 saturated heterocycles. The van der Waals surface area contributed by atoms with Gasteiger partial charge in [-0.3, -0.25) is 0 Å². The highest BCUT2D eigenvalue weighted by Crippen LogP contribution is 2.15. The summed E-state index contributed by atoms with van der Waals surface area (Å²) in [7, 11) is -0.895. The van der Waals surface area contributed by atoms with Gasteiger partial charge in [0.05, 0.1) is 0 Å². The Bertz CT molecular complexity index is 244. The Morgan fingerprint density at radius 3 is 1.13 bits per heavy atom. The first kappa shape index (κ1) is 14.4. The molecule has 0 saturated carbocycles. The van der Waals surface area contributed by atoms with E-state index in [-0.39, 0.29) is 0 Å². The van der Waals surface area contributed by atoms with Crippen molar-refractivity contribution in [2.45, 2.75) is 0 Å². The van der Waals surface area contributed by atoms with Gasteiger partial charge in [-0.25, -0.2) is 0 Å². The summed E-state index contributed by atoms with van der Waals surface area (Å²) in [5.41, 5.74) is 4.65. The average Bonchev–Trinajstić information content (AvgIpc) is 2.33. The Morgan fingerprint density at radius 2 is 1.00 bits per heavy atom. The molecule has 0 fully saturated rings. The van der Waals surface area contributed by atoms with Crippen molar-refractivity contribution in [2.75, 3.05) is 28.4 Å². The molecule has 0 amide bonds. The molecule has 0 rings (SSSR count). The molecule has 84 valence electrons. The molecule has 0 aliphatic heterocycles. The first-order valence-corrected chi connectivity index (χ1v) is 7.38. The number of terminal acetylenes is 2. The lowest BCUT2D eigenvalue weighted by molar-refractivity contribution is 0.109. The van der Waals surface area contributed by atoms with Crippen LogP contribution in [0.5, 0.6) is 0 Å². The van der Waals surface area contributed by atoms with E-state index in [0.29, 0.717) is 0 Å². The SMILES string of the molecule is C#C[Si](OC)(OC)O[Si](C#C)(OC)OC. The fourth-order valence-corrected chi connectivity index (χ4v) is 4.83. The third-order valence-corrected chi connectivity index (χ3v) is 6.70. The molecule has 0 N–H and O–H groups in total. The Morgan fingerprint density at radius 1 is 0.733 bits per heavy atom. The van der Waals surface area contributed by atoms with Crippen LogP contribution in [-0.4, -0.2) is 46.0 Å². The predicted molar refractivity (Wildman–Crippen MR) is 58.3 cm³/mol. The van der Waals surface area contributed by atoms with Crippen LogP contribution in [-0.2, 0) is 21.8 Å². The molecule has 0 atom stereocenters. The lowest BCUT2D eigenvalue weighted by Crippen LogP contribution is -2.56. The zero-order valence-corrected chi connectivity index (χ0v) is 11.2. The monoisotopic (exact) mass is 246 g/mol. The second-order valence-corrected chi connectivity index (χ2v) is 7.57. The van der Waals surface area contributed by atoms with Crippen LogP contribution in [0.15, 0.2) is 0 Å². The van der Waals surface area contributed by atoms with Gasteiger partial charge in [0.1, 0.15) is 0 Å². The number of rotatable bonds is 6. The molecule has 0 aliphatic carbocycles. The summed E-state index contributed by atoms with van der Waals surface area (Å²) in [4.78, 5) is 0. The maximum absolute atomic E-state index is 5.44. The van der Waals surface area contributed by atoms with Crippen LogP contribution in [0.4, 0.5) is 0 Å². The van der Waals surface area contributed by atoms with Gasteiger partial charge in [-0.05, 0) is 11.1 Å². The largest absolute Gasteiger partial charge is 0.584 e. The molecule has 5 nitrogen and oxygen atoms in total. The average molecular weight is 246 g/mol. The van der Waals surface area contributed by atoms with E-state index in [2.05, 4.69) is 11.1 Å². The summed E-state index contributed by atoms with van der Waals surface area (Å²) in [6.45, 7) is 0. The van der Waals surface area contributed by atoms with Crippen LogP contribution in [0.3, 0.4) is 0 Å². The summed E-state index contributed by atoms with van der Waals surface area (Å²) in [6.07, 6.45) is 10.6. The standard InChI is InChI=1S/C8H14O5Si2/c1-7-14(9-3,10-4)13-15(8-2,11-5)12-6/h1-2H,3-6H3. The normalized spacial score (nSPS) is 11.9. The molecule has 0 unspecified atom stereocenters. The fourth-order valence-electron chi connectivity index (χ4n) is 0.805. The molecule has 0 radical (unpaired) electrons. The van der Waals surface area contributed by atoms with Gasteiger partial charge >= 0.3 is 17.6 Å². The highest BCUT2D eigenvalue weighted by atomic mass is 28.5. The zero-order chi connectivity index (χ0) is 11.9. The summed E-state index contributed by atoms with van der Waals surface area (Å²) >= 11 is 0. The van der Waals surface area contributed by atoms with Gasteiger partial charge < -0.3 is 21.8 Å². The van der Waals surface area contributed by atoms with Gasteiger partial charge in [0.25, 0.3) is 0 Å². The van der Waals surface area contributed by atoms with Crippen LogP contribution in [0.25, 0.3) is 0 Å². The van der Waals surface area contributed by atoms with E-state index in [9.17, 15) is 0 Å². The van der Waals surface area contributed by atoms with Gasteiger partial charge in [0, 0.05) is 28.4 Å². The summed E-state index contributed by atoms with van der Waals surface area (Å²) in [5.74, 6) is 0. The lowest BCUT2D eigenvalue weighted by Gasteiger charge is -2.28. The molecule has 0 bridgehead atoms. The number of hydrogen-bond donors (Lipinski definition) is 0. The van der Waals surface area contributed by atoms with E-state index in [0.717, 1.165) is 0 Å². The van der Waals surface area contributed by atoms with Crippen molar-refractivity contribution in [2.24, 2.45) is 0 Å². The zero-order valence-electron chi connectivity index (χ0n) is 9.20. The van der Waals surface area contributed by atoms with Crippen LogP contribution >= 0.6 is 0 Å². The van der Waals surface area contributed by atoms with Crippen LogP contribution in [0.1, 0.15) is 0 Å². The molecule has 0 heterocycles. The Labute approximate surface area is 92.4 Å². The van der Waals surface area contributed by atoms with Crippen molar-refractivity contribution in [1.82, 2.24) is 0 Å². The van der Waals surface area contributed by atoms with E-state index in [1.54, 1.807) is 0 Å². The van der Waals surface area contributed by atoms with Crippen molar-refractivity contribution in [3.8, 4) is 23.9 Å². The first-order chi connectivity index (χ1) is 7.07. The van der Waals surface area contributed by atoms with Crippen molar-refractivity contribution in [3.05, 3.63) is 0 Å². The van der Waals surface area contributed by atoms with Crippen molar-refractivity contribution in [3.63, 3.8) is 0 Å². The van der Waals surface area contributed by atoms with E-state index >= 15 is 0 Å². The fraction of sp³-hybridized carbons (Fsp3) is 0.500. The topological polar surface area (TPSA) is 46.2 Å². The lowest BCUT2D eigenvalue weighted by atomic mass is 11.4. The second-order valence-electron chi connectivity index (χ2n) is 2.32. The van der Waals surface area contributed by atoms with Crippen LogP contribution in [0, 0.1) is 23.9 Å². The van der Waals surface area contributed by atoms with E-state index in [1.807, 2.05) is 0 Å². The minimum absolute atomic E-state index is 1.39. The predicted octanol–water partition coefficient (Wildman–Crippen LogP) is -0.189. The molecule has 0 aromatic rings. The molecule has 7 heteroatoms. The quantitative estimate of drug-likeness (QED) is 0.480. The van der Waals surface area contributed by atoms with Gasteiger partial charge in [0.15, 0.2) is 0 Å². The molecule has 0 aliphatic rings. The van der Waals surface area contributed by atoms with E-state index in [4.69, 9.17) is 34.7 Å². The Hall–Kier alpha value is -0.646. The van der Waals surface area contributed by atoms with Gasteiger partial charge in [-0.1, -0.05) is 0 Å². The summed E-state index contributed by atoms with van der Waals surface area (Å²) in [5, 5.41) is 0. The number of hydrogen-bond acceptors (Lipinski definition) is 5. The highest BCUT2D eigenvalue weighted by Gasteiger charge is 2.51. The molecular weight excluding hydrogens is 232 g/mol. The van der Waals surface area contributed by atoms with Crippen molar-refractivity contribution in [1.29, 1.82) is 0 Å². The van der Waals surface area contributed by atoms with Gasteiger partial charge in [-0.15, -0.1) is 12.8 Å². The van der Waals surface area contributed by atoms with E-state index < -0.39 is 17.6 Å². The molecule has 15 heavy (non-hydrogen) atoms. The first-order valence-electron chi connectivity index (χ1n) is 3.94. The minimum Gasteiger partial charge on any atom is -0.368 e. The van der Waals surface area contributed by atoms with Crippen LogP contribution < -0.4 is 0 Å². The Kier molecular flexibility index (Phi) is 5.79. The van der Waals surface area contributed by atoms with Gasteiger partial charge in [-0.2, -0.15) is 0 Å². The Balaban J connectivity index is 4.96. The van der Waals surface area contributed by atoms with Gasteiger partial charge in [0.2, 0.25) is 0 Å². The smallest absolute Gasteiger partial charge is 0.368 e. The maximum Gasteiger partial charge on any atom is 0.584 e. The van der Waals surface area contributed by atoms with Crippen molar-refractivity contribution < 1.29 is 21.8 Å². The minimum atomic E-state index is -3.22. The molecule has 0 aromatic carbocycles. The molecular formula is C8H14O5Si2. The highest BCUT2D eigenvalue weighted by molar-refractivity contribution is 6.83. The molecule has 0 aromatic heterocycles. The third kappa shape index (κ3) is 3.16.